The maximum absolute atomic E-state index is 13.1. The van der Waals surface area contributed by atoms with Crippen LogP contribution in [0.3, 0.4) is 0 Å². The molecule has 2 aromatic carbocycles. The maximum Gasteiger partial charge on any atom is 0.240 e. The van der Waals surface area contributed by atoms with E-state index < -0.39 is 0 Å². The van der Waals surface area contributed by atoms with Crippen molar-refractivity contribution in [1.82, 2.24) is 5.01 Å². The Labute approximate surface area is 134 Å². The van der Waals surface area contributed by atoms with E-state index >= 15 is 0 Å². The monoisotopic (exact) mass is 312 g/mol. The van der Waals surface area contributed by atoms with Crippen molar-refractivity contribution < 1.29 is 13.9 Å². The fourth-order valence-corrected chi connectivity index (χ4v) is 2.70. The fraction of sp³-hybridized carbons (Fsp3) is 0.222. The van der Waals surface area contributed by atoms with Gasteiger partial charge in [0.1, 0.15) is 11.6 Å². The average Bonchev–Trinajstić information content (AvgIpc) is 3.01. The van der Waals surface area contributed by atoms with E-state index in [9.17, 15) is 9.18 Å². The highest BCUT2D eigenvalue weighted by molar-refractivity contribution is 6.03. The van der Waals surface area contributed by atoms with E-state index in [1.807, 2.05) is 24.3 Å². The molecule has 0 spiro atoms. The predicted octanol–water partition coefficient (Wildman–Crippen LogP) is 3.53. The third-order valence-corrected chi connectivity index (χ3v) is 3.91. The third kappa shape index (κ3) is 3.08. The van der Waals surface area contributed by atoms with Crippen LogP contribution in [0.2, 0.25) is 0 Å². The molecule has 2 aromatic rings. The van der Waals surface area contributed by atoms with Crippen LogP contribution >= 0.6 is 0 Å². The normalized spacial score (nSPS) is 17.1. The van der Waals surface area contributed by atoms with Crippen molar-refractivity contribution in [1.29, 1.82) is 0 Å². The van der Waals surface area contributed by atoms with Gasteiger partial charge in [0.2, 0.25) is 5.91 Å². The summed E-state index contributed by atoms with van der Waals surface area (Å²) in [5.74, 6) is 0.353. The molecule has 1 aliphatic rings. The molecule has 23 heavy (non-hydrogen) atoms. The van der Waals surface area contributed by atoms with Crippen LogP contribution in [0.15, 0.2) is 53.6 Å². The number of amides is 1. The van der Waals surface area contributed by atoms with Crippen LogP contribution in [0.4, 0.5) is 4.39 Å². The molecule has 0 fully saturated rings. The third-order valence-electron chi connectivity index (χ3n) is 3.91. The zero-order valence-corrected chi connectivity index (χ0v) is 13.0. The van der Waals surface area contributed by atoms with Gasteiger partial charge in [-0.2, -0.15) is 5.10 Å². The number of rotatable bonds is 3. The van der Waals surface area contributed by atoms with Crippen LogP contribution < -0.4 is 4.74 Å². The minimum atomic E-state index is -0.289. The standard InChI is InChI=1S/C18H17FN2O2/c1-12(22)21-18(14-5-9-16(23-2)10-6-14)11-17(20-21)13-3-7-15(19)8-4-13/h3-10,18H,11H2,1-2H3/t18-/m1/s1. The van der Waals surface area contributed by atoms with Gasteiger partial charge in [-0.25, -0.2) is 9.40 Å². The lowest BCUT2D eigenvalue weighted by Crippen LogP contribution is -2.24. The Balaban J connectivity index is 1.90. The van der Waals surface area contributed by atoms with Crippen molar-refractivity contribution >= 4 is 11.6 Å². The molecule has 0 saturated heterocycles. The predicted molar refractivity (Wildman–Crippen MR) is 85.8 cm³/mol. The average molecular weight is 312 g/mol. The number of benzene rings is 2. The summed E-state index contributed by atoms with van der Waals surface area (Å²) in [7, 11) is 1.61. The van der Waals surface area contributed by atoms with Crippen molar-refractivity contribution in [2.45, 2.75) is 19.4 Å². The Morgan fingerprint density at radius 1 is 1.17 bits per heavy atom. The first-order valence-electron chi connectivity index (χ1n) is 7.35. The molecule has 1 amide bonds. The Bertz CT molecular complexity index is 739. The largest absolute Gasteiger partial charge is 0.497 e. The second-order valence-electron chi connectivity index (χ2n) is 5.41. The van der Waals surface area contributed by atoms with Gasteiger partial charge < -0.3 is 4.74 Å². The number of hydrogen-bond acceptors (Lipinski definition) is 3. The van der Waals surface area contributed by atoms with Gasteiger partial charge >= 0.3 is 0 Å². The molecule has 0 bridgehead atoms. The van der Waals surface area contributed by atoms with Crippen LogP contribution in [-0.2, 0) is 4.79 Å². The van der Waals surface area contributed by atoms with Crippen LogP contribution in [0.5, 0.6) is 5.75 Å². The van der Waals surface area contributed by atoms with Crippen molar-refractivity contribution in [3.63, 3.8) is 0 Å². The van der Waals surface area contributed by atoms with E-state index in [2.05, 4.69) is 5.10 Å². The van der Waals surface area contributed by atoms with Gasteiger partial charge in [0, 0.05) is 13.3 Å². The van der Waals surface area contributed by atoms with Gasteiger partial charge in [0.15, 0.2) is 0 Å². The number of methoxy groups -OCH3 is 1. The van der Waals surface area contributed by atoms with Crippen molar-refractivity contribution in [2.24, 2.45) is 5.10 Å². The quantitative estimate of drug-likeness (QED) is 0.870. The summed E-state index contributed by atoms with van der Waals surface area (Å²) in [5.41, 5.74) is 2.59. The van der Waals surface area contributed by atoms with Gasteiger partial charge in [-0.05, 0) is 35.4 Å². The van der Waals surface area contributed by atoms with Crippen LogP contribution in [-0.4, -0.2) is 23.7 Å². The van der Waals surface area contributed by atoms with Gasteiger partial charge in [0.05, 0.1) is 18.9 Å². The minimum absolute atomic E-state index is 0.122. The molecule has 1 aliphatic heterocycles. The summed E-state index contributed by atoms with van der Waals surface area (Å²) in [6, 6.07) is 13.6. The Hall–Kier alpha value is -2.69. The lowest BCUT2D eigenvalue weighted by atomic mass is 9.98. The number of carbonyl (C=O) groups is 1. The van der Waals surface area contributed by atoms with Crippen LogP contribution in [0.1, 0.15) is 30.5 Å². The minimum Gasteiger partial charge on any atom is -0.497 e. The Kier molecular flexibility index (Phi) is 4.10. The highest BCUT2D eigenvalue weighted by Crippen LogP contribution is 2.33. The molecule has 0 saturated carbocycles. The molecule has 4 nitrogen and oxygen atoms in total. The molecule has 0 aromatic heterocycles. The molecular weight excluding hydrogens is 295 g/mol. The highest BCUT2D eigenvalue weighted by Gasteiger charge is 2.31. The molecule has 1 heterocycles. The van der Waals surface area contributed by atoms with Gasteiger partial charge in [-0.15, -0.1) is 0 Å². The molecule has 5 heteroatoms. The Morgan fingerprint density at radius 3 is 2.39 bits per heavy atom. The van der Waals surface area contributed by atoms with E-state index in [4.69, 9.17) is 4.74 Å². The molecule has 1 atom stereocenters. The van der Waals surface area contributed by atoms with E-state index in [1.165, 1.54) is 24.1 Å². The van der Waals surface area contributed by atoms with Gasteiger partial charge in [-0.1, -0.05) is 24.3 Å². The molecular formula is C18H17FN2O2. The zero-order valence-electron chi connectivity index (χ0n) is 13.0. The summed E-state index contributed by atoms with van der Waals surface area (Å²) in [4.78, 5) is 11.9. The number of halogens is 1. The topological polar surface area (TPSA) is 41.9 Å². The lowest BCUT2D eigenvalue weighted by molar-refractivity contribution is -0.130. The van der Waals surface area contributed by atoms with Crippen molar-refractivity contribution in [3.8, 4) is 5.75 Å². The SMILES string of the molecule is COc1ccc([C@H]2CC(c3ccc(F)cc3)=NN2C(C)=O)cc1. The van der Waals surface area contributed by atoms with Crippen LogP contribution in [0.25, 0.3) is 0 Å². The molecule has 0 aliphatic carbocycles. The fourth-order valence-electron chi connectivity index (χ4n) is 2.70. The van der Waals surface area contributed by atoms with Gasteiger partial charge in [0.25, 0.3) is 0 Å². The first-order chi connectivity index (χ1) is 11.1. The first kappa shape index (κ1) is 15.2. The summed E-state index contributed by atoms with van der Waals surface area (Å²) in [6.07, 6.45) is 0.595. The van der Waals surface area contributed by atoms with Crippen LogP contribution in [0, 0.1) is 5.82 Å². The second kappa shape index (κ2) is 6.20. The van der Waals surface area contributed by atoms with Gasteiger partial charge in [-0.3, -0.25) is 4.79 Å². The van der Waals surface area contributed by atoms with E-state index in [-0.39, 0.29) is 17.8 Å². The first-order valence-corrected chi connectivity index (χ1v) is 7.35. The summed E-state index contributed by atoms with van der Waals surface area (Å²) < 4.78 is 18.2. The lowest BCUT2D eigenvalue weighted by Gasteiger charge is -2.20. The number of nitrogens with zero attached hydrogens (tertiary/aromatic N) is 2. The number of carbonyl (C=O) groups excluding carboxylic acids is 1. The number of ether oxygens (including phenoxy) is 1. The summed E-state index contributed by atoms with van der Waals surface area (Å²) in [5, 5.41) is 5.92. The smallest absolute Gasteiger partial charge is 0.240 e. The highest BCUT2D eigenvalue weighted by atomic mass is 19.1. The number of hydrogen-bond donors (Lipinski definition) is 0. The molecule has 0 radical (unpaired) electrons. The van der Waals surface area contributed by atoms with Crippen molar-refractivity contribution in [2.75, 3.05) is 7.11 Å². The Morgan fingerprint density at radius 2 is 1.83 bits per heavy atom. The summed E-state index contributed by atoms with van der Waals surface area (Å²) in [6.45, 7) is 1.49. The van der Waals surface area contributed by atoms with E-state index in [1.54, 1.807) is 19.2 Å². The van der Waals surface area contributed by atoms with E-state index in [0.29, 0.717) is 6.42 Å². The molecule has 0 unspecified atom stereocenters. The second-order valence-corrected chi connectivity index (χ2v) is 5.41. The molecule has 0 N–H and O–H groups in total. The maximum atomic E-state index is 13.1. The summed E-state index contributed by atoms with van der Waals surface area (Å²) >= 11 is 0. The number of hydrazone groups is 1. The zero-order chi connectivity index (χ0) is 16.4. The van der Waals surface area contributed by atoms with E-state index in [0.717, 1.165) is 22.6 Å². The molecule has 3 rings (SSSR count). The van der Waals surface area contributed by atoms with Crippen molar-refractivity contribution in [3.05, 3.63) is 65.5 Å². The molecule has 118 valence electrons.